The van der Waals surface area contributed by atoms with E-state index in [1.165, 1.54) is 4.90 Å². The normalized spacial score (nSPS) is 12.2. The van der Waals surface area contributed by atoms with Crippen LogP contribution in [-0.4, -0.2) is 40.6 Å². The van der Waals surface area contributed by atoms with E-state index in [2.05, 4.69) is 20.9 Å². The van der Waals surface area contributed by atoms with E-state index in [1.807, 2.05) is 0 Å². The second-order valence-corrected chi connectivity index (χ2v) is 4.87. The van der Waals surface area contributed by atoms with Crippen molar-refractivity contribution in [1.82, 2.24) is 9.88 Å². The van der Waals surface area contributed by atoms with Crippen LogP contribution in [0.1, 0.15) is 23.7 Å². The average molecular weight is 302 g/mol. The fraction of sp³-hybridized carbons (Fsp3) is 0.455. The Kier molecular flexibility index (Phi) is 4.89. The number of aliphatic hydroxyl groups is 1. The third kappa shape index (κ3) is 3.98. The summed E-state index contributed by atoms with van der Waals surface area (Å²) in [5.74, 6) is 0.0130. The van der Waals surface area contributed by atoms with Gasteiger partial charge in [-0.05, 0) is 35.3 Å². The Morgan fingerprint density at radius 1 is 1.71 bits per heavy atom. The van der Waals surface area contributed by atoms with E-state index >= 15 is 0 Å². The molecule has 0 fully saturated rings. The summed E-state index contributed by atoms with van der Waals surface area (Å²) in [7, 11) is 1.67. The van der Waals surface area contributed by atoms with Crippen LogP contribution in [0, 0.1) is 0 Å². The van der Waals surface area contributed by atoms with Crippen molar-refractivity contribution in [1.29, 1.82) is 0 Å². The first kappa shape index (κ1) is 13.9. The van der Waals surface area contributed by atoms with Crippen LogP contribution in [0.4, 0.5) is 5.82 Å². The number of aromatic nitrogens is 1. The molecule has 1 aromatic heterocycles. The first-order chi connectivity index (χ1) is 7.91. The maximum Gasteiger partial charge on any atom is 0.257 e. The first-order valence-electron chi connectivity index (χ1n) is 5.26. The van der Waals surface area contributed by atoms with Crippen LogP contribution in [0.2, 0.25) is 0 Å². The lowest BCUT2D eigenvalue weighted by molar-refractivity contribution is 0.0769. The molecule has 6 heteroatoms. The maximum atomic E-state index is 12.0. The lowest BCUT2D eigenvalue weighted by Gasteiger charge is -2.18. The lowest BCUT2D eigenvalue weighted by Crippen LogP contribution is -2.30. The number of anilines is 1. The van der Waals surface area contributed by atoms with Crippen molar-refractivity contribution in [2.24, 2.45) is 0 Å². The molecule has 1 rings (SSSR count). The third-order valence-corrected chi connectivity index (χ3v) is 2.78. The molecule has 0 spiro atoms. The minimum absolute atomic E-state index is 0.197. The molecule has 17 heavy (non-hydrogen) atoms. The van der Waals surface area contributed by atoms with Crippen molar-refractivity contribution in [2.45, 2.75) is 19.4 Å². The summed E-state index contributed by atoms with van der Waals surface area (Å²) in [6.07, 6.45) is 1.65. The van der Waals surface area contributed by atoms with Crippen molar-refractivity contribution in [3.63, 3.8) is 0 Å². The largest absolute Gasteiger partial charge is 0.393 e. The highest BCUT2D eigenvalue weighted by Crippen LogP contribution is 2.17. The van der Waals surface area contributed by atoms with Gasteiger partial charge < -0.3 is 15.7 Å². The average Bonchev–Trinajstić information content (AvgIpc) is 2.28. The highest BCUT2D eigenvalue weighted by atomic mass is 79.9. The molecule has 1 heterocycles. The van der Waals surface area contributed by atoms with Crippen LogP contribution in [0.25, 0.3) is 0 Å². The van der Waals surface area contributed by atoms with Gasteiger partial charge in [0.05, 0.1) is 11.7 Å². The van der Waals surface area contributed by atoms with Gasteiger partial charge in [0.1, 0.15) is 5.82 Å². The topological polar surface area (TPSA) is 79.5 Å². The molecule has 0 aliphatic carbocycles. The SMILES string of the molecule is CC(O)CCN(C)C(=O)c1cc(Br)cnc1N. The quantitative estimate of drug-likeness (QED) is 0.878. The summed E-state index contributed by atoms with van der Waals surface area (Å²) in [6, 6.07) is 1.64. The Morgan fingerprint density at radius 3 is 2.94 bits per heavy atom. The predicted molar refractivity (Wildman–Crippen MR) is 69.6 cm³/mol. The number of nitrogen functional groups attached to an aromatic ring is 1. The van der Waals surface area contributed by atoms with Crippen molar-refractivity contribution >= 4 is 27.7 Å². The molecule has 0 aromatic carbocycles. The van der Waals surface area contributed by atoms with Gasteiger partial charge in [0.2, 0.25) is 0 Å². The van der Waals surface area contributed by atoms with E-state index in [1.54, 1.807) is 26.2 Å². The van der Waals surface area contributed by atoms with Gasteiger partial charge in [0.15, 0.2) is 0 Å². The van der Waals surface area contributed by atoms with E-state index in [0.29, 0.717) is 23.0 Å². The smallest absolute Gasteiger partial charge is 0.257 e. The second-order valence-electron chi connectivity index (χ2n) is 3.95. The minimum atomic E-state index is -0.428. The minimum Gasteiger partial charge on any atom is -0.393 e. The first-order valence-corrected chi connectivity index (χ1v) is 6.05. The van der Waals surface area contributed by atoms with E-state index in [-0.39, 0.29) is 11.7 Å². The number of hydrogen-bond donors (Lipinski definition) is 2. The van der Waals surface area contributed by atoms with Gasteiger partial charge in [-0.15, -0.1) is 0 Å². The number of carbonyl (C=O) groups excluding carboxylic acids is 1. The number of amides is 1. The molecule has 1 amide bonds. The Balaban J connectivity index is 2.78. The number of rotatable bonds is 4. The lowest BCUT2D eigenvalue weighted by atomic mass is 10.2. The summed E-state index contributed by atoms with van der Waals surface area (Å²) >= 11 is 3.25. The summed E-state index contributed by atoms with van der Waals surface area (Å²) in [6.45, 7) is 2.16. The molecule has 1 aromatic rings. The molecule has 0 radical (unpaired) electrons. The van der Waals surface area contributed by atoms with Crippen LogP contribution < -0.4 is 5.73 Å². The maximum absolute atomic E-state index is 12.0. The van der Waals surface area contributed by atoms with E-state index in [4.69, 9.17) is 10.8 Å². The predicted octanol–water partition coefficient (Wildman–Crippen LogP) is 1.27. The molecule has 1 atom stereocenters. The van der Waals surface area contributed by atoms with E-state index in [0.717, 1.165) is 0 Å². The standard InChI is InChI=1S/C11H16BrN3O2/c1-7(16)3-4-15(2)11(17)9-5-8(12)6-14-10(9)13/h5-7,16H,3-4H2,1-2H3,(H2,13,14). The fourth-order valence-corrected chi connectivity index (χ4v) is 1.64. The molecule has 3 N–H and O–H groups in total. The molecule has 94 valence electrons. The number of aliphatic hydroxyl groups excluding tert-OH is 1. The van der Waals surface area contributed by atoms with E-state index in [9.17, 15) is 4.79 Å². The second kappa shape index (κ2) is 5.97. The molecular formula is C11H16BrN3O2. The van der Waals surface area contributed by atoms with Gasteiger partial charge >= 0.3 is 0 Å². The van der Waals surface area contributed by atoms with Crippen LogP contribution in [0.5, 0.6) is 0 Å². The zero-order valence-corrected chi connectivity index (χ0v) is 11.4. The van der Waals surface area contributed by atoms with Gasteiger partial charge in [-0.2, -0.15) is 0 Å². The van der Waals surface area contributed by atoms with Gasteiger partial charge in [0, 0.05) is 24.3 Å². The van der Waals surface area contributed by atoms with E-state index < -0.39 is 6.10 Å². The molecule has 0 saturated carbocycles. The Hall–Kier alpha value is -1.14. The molecule has 0 aliphatic rings. The number of pyridine rings is 1. The van der Waals surface area contributed by atoms with Crippen LogP contribution in [0.3, 0.4) is 0 Å². The Labute approximate surface area is 109 Å². The fourth-order valence-electron chi connectivity index (χ4n) is 1.31. The molecular weight excluding hydrogens is 286 g/mol. The van der Waals surface area contributed by atoms with Crippen LogP contribution >= 0.6 is 15.9 Å². The van der Waals surface area contributed by atoms with Gasteiger partial charge in [-0.1, -0.05) is 0 Å². The number of carbonyl (C=O) groups is 1. The summed E-state index contributed by atoms with van der Waals surface area (Å²) in [4.78, 5) is 17.5. The molecule has 0 saturated heterocycles. The van der Waals surface area contributed by atoms with Crippen molar-refractivity contribution in [3.05, 3.63) is 22.3 Å². The van der Waals surface area contributed by atoms with Gasteiger partial charge in [0.25, 0.3) is 5.91 Å². The zero-order valence-electron chi connectivity index (χ0n) is 9.85. The summed E-state index contributed by atoms with van der Waals surface area (Å²) in [5, 5.41) is 9.17. The van der Waals surface area contributed by atoms with Crippen LogP contribution in [-0.2, 0) is 0 Å². The molecule has 1 unspecified atom stereocenters. The Bertz CT molecular complexity index is 410. The van der Waals surface area contributed by atoms with Crippen molar-refractivity contribution in [3.8, 4) is 0 Å². The number of halogens is 1. The number of nitrogens with two attached hydrogens (primary N) is 1. The number of nitrogens with zero attached hydrogens (tertiary/aromatic N) is 2. The third-order valence-electron chi connectivity index (χ3n) is 2.34. The Morgan fingerprint density at radius 2 is 2.35 bits per heavy atom. The van der Waals surface area contributed by atoms with Gasteiger partial charge in [-0.3, -0.25) is 4.79 Å². The monoisotopic (exact) mass is 301 g/mol. The molecule has 5 nitrogen and oxygen atoms in total. The van der Waals surface area contributed by atoms with Crippen molar-refractivity contribution < 1.29 is 9.90 Å². The molecule has 0 bridgehead atoms. The highest BCUT2D eigenvalue weighted by molar-refractivity contribution is 9.10. The highest BCUT2D eigenvalue weighted by Gasteiger charge is 2.16. The summed E-state index contributed by atoms with van der Waals surface area (Å²) in [5.41, 5.74) is 6.02. The summed E-state index contributed by atoms with van der Waals surface area (Å²) < 4.78 is 0.707. The van der Waals surface area contributed by atoms with Crippen LogP contribution in [0.15, 0.2) is 16.7 Å². The van der Waals surface area contributed by atoms with Crippen molar-refractivity contribution in [2.75, 3.05) is 19.3 Å². The molecule has 0 aliphatic heterocycles. The zero-order chi connectivity index (χ0) is 13.0. The van der Waals surface area contributed by atoms with Gasteiger partial charge in [-0.25, -0.2) is 4.98 Å². The number of hydrogen-bond acceptors (Lipinski definition) is 4.